The summed E-state index contributed by atoms with van der Waals surface area (Å²) < 4.78 is 5.39. The second kappa shape index (κ2) is 4.18. The summed E-state index contributed by atoms with van der Waals surface area (Å²) in [5, 5.41) is 3.73. The van der Waals surface area contributed by atoms with Gasteiger partial charge in [0, 0.05) is 31.0 Å². The Labute approximate surface area is 100 Å². The lowest BCUT2D eigenvalue weighted by atomic mass is 9.64. The maximum Gasteiger partial charge on any atom is 0.171 e. The van der Waals surface area contributed by atoms with Gasteiger partial charge in [0.05, 0.1) is 6.10 Å². The molecular formula is C11H16ClN3O. The van der Waals surface area contributed by atoms with E-state index in [1.54, 1.807) is 19.5 Å². The van der Waals surface area contributed by atoms with E-state index < -0.39 is 0 Å². The molecule has 0 aliphatic heterocycles. The Morgan fingerprint density at radius 1 is 1.44 bits per heavy atom. The van der Waals surface area contributed by atoms with E-state index in [0.717, 1.165) is 6.42 Å². The lowest BCUT2D eigenvalue weighted by Gasteiger charge is -2.51. The first-order valence-electron chi connectivity index (χ1n) is 5.31. The van der Waals surface area contributed by atoms with Crippen LogP contribution in [0.25, 0.3) is 0 Å². The van der Waals surface area contributed by atoms with Crippen LogP contribution in [0.15, 0.2) is 12.4 Å². The molecule has 1 fully saturated rings. The first-order valence-corrected chi connectivity index (χ1v) is 5.69. The molecule has 0 aromatic carbocycles. The minimum Gasteiger partial charge on any atom is -0.381 e. The molecule has 1 aromatic heterocycles. The standard InChI is InChI=1S/C11H16ClN3O/c1-11(2)7(6-8(11)16-3)15-10-9(12)13-4-5-14-10/h4-5,7-8H,6H2,1-3H3,(H,14,15). The number of nitrogens with zero attached hydrogens (tertiary/aromatic N) is 2. The van der Waals surface area contributed by atoms with Crippen molar-refractivity contribution in [2.24, 2.45) is 5.41 Å². The quantitative estimate of drug-likeness (QED) is 0.883. The number of rotatable bonds is 3. The molecule has 1 N–H and O–H groups in total. The van der Waals surface area contributed by atoms with E-state index in [-0.39, 0.29) is 5.41 Å². The van der Waals surface area contributed by atoms with Crippen LogP contribution >= 0.6 is 11.6 Å². The van der Waals surface area contributed by atoms with Crippen molar-refractivity contribution in [2.45, 2.75) is 32.4 Å². The normalized spacial score (nSPS) is 27.2. The van der Waals surface area contributed by atoms with Gasteiger partial charge in [0.1, 0.15) is 0 Å². The van der Waals surface area contributed by atoms with E-state index in [9.17, 15) is 0 Å². The molecule has 2 rings (SSSR count). The molecule has 0 radical (unpaired) electrons. The molecule has 4 nitrogen and oxygen atoms in total. The zero-order chi connectivity index (χ0) is 11.8. The summed E-state index contributed by atoms with van der Waals surface area (Å²) in [5.74, 6) is 0.650. The molecule has 0 spiro atoms. The average molecular weight is 242 g/mol. The molecule has 1 heterocycles. The highest BCUT2D eigenvalue weighted by atomic mass is 35.5. The van der Waals surface area contributed by atoms with E-state index in [4.69, 9.17) is 16.3 Å². The van der Waals surface area contributed by atoms with Gasteiger partial charge in [-0.2, -0.15) is 0 Å². The van der Waals surface area contributed by atoms with Crippen molar-refractivity contribution in [2.75, 3.05) is 12.4 Å². The highest BCUT2D eigenvalue weighted by Gasteiger charge is 2.48. The first kappa shape index (κ1) is 11.6. The Morgan fingerprint density at radius 3 is 2.69 bits per heavy atom. The molecule has 1 aliphatic carbocycles. The summed E-state index contributed by atoms with van der Waals surface area (Å²) in [4.78, 5) is 8.16. The van der Waals surface area contributed by atoms with Crippen molar-refractivity contribution in [3.05, 3.63) is 17.5 Å². The molecular weight excluding hydrogens is 226 g/mol. The lowest BCUT2D eigenvalue weighted by Crippen LogP contribution is -2.57. The minimum absolute atomic E-state index is 0.0929. The molecule has 0 amide bonds. The highest BCUT2D eigenvalue weighted by molar-refractivity contribution is 6.31. The predicted octanol–water partition coefficient (Wildman–Crippen LogP) is 2.36. The summed E-state index contributed by atoms with van der Waals surface area (Å²) >= 11 is 5.95. The number of anilines is 1. The second-order valence-corrected chi connectivity index (χ2v) is 5.03. The van der Waals surface area contributed by atoms with Crippen molar-refractivity contribution < 1.29 is 4.74 Å². The van der Waals surface area contributed by atoms with E-state index in [1.165, 1.54) is 0 Å². The van der Waals surface area contributed by atoms with Crippen LogP contribution in [0.4, 0.5) is 5.82 Å². The van der Waals surface area contributed by atoms with Crippen molar-refractivity contribution in [1.29, 1.82) is 0 Å². The van der Waals surface area contributed by atoms with Crippen molar-refractivity contribution >= 4 is 17.4 Å². The van der Waals surface area contributed by atoms with Crippen LogP contribution in [0.5, 0.6) is 0 Å². The van der Waals surface area contributed by atoms with Crippen LogP contribution in [0.3, 0.4) is 0 Å². The van der Waals surface area contributed by atoms with Gasteiger partial charge in [-0.3, -0.25) is 0 Å². The topological polar surface area (TPSA) is 47.0 Å². The predicted molar refractivity (Wildman–Crippen MR) is 63.6 cm³/mol. The van der Waals surface area contributed by atoms with Gasteiger partial charge in [0.15, 0.2) is 11.0 Å². The molecule has 16 heavy (non-hydrogen) atoms. The third kappa shape index (κ3) is 1.87. The van der Waals surface area contributed by atoms with Gasteiger partial charge in [-0.25, -0.2) is 9.97 Å². The summed E-state index contributed by atoms with van der Waals surface area (Å²) in [5.41, 5.74) is 0.0929. The Hall–Kier alpha value is -0.870. The number of methoxy groups -OCH3 is 1. The van der Waals surface area contributed by atoms with Gasteiger partial charge in [-0.15, -0.1) is 0 Å². The molecule has 0 bridgehead atoms. The second-order valence-electron chi connectivity index (χ2n) is 4.67. The SMILES string of the molecule is COC1CC(Nc2nccnc2Cl)C1(C)C. The maximum atomic E-state index is 5.95. The maximum absolute atomic E-state index is 5.95. The summed E-state index contributed by atoms with van der Waals surface area (Å²) in [6.07, 6.45) is 4.47. The number of ether oxygens (including phenoxy) is 1. The fraction of sp³-hybridized carbons (Fsp3) is 0.636. The van der Waals surface area contributed by atoms with Gasteiger partial charge in [0.25, 0.3) is 0 Å². The van der Waals surface area contributed by atoms with Crippen LogP contribution in [0.1, 0.15) is 20.3 Å². The van der Waals surface area contributed by atoms with Crippen LogP contribution in [-0.2, 0) is 4.74 Å². The average Bonchev–Trinajstić information content (AvgIpc) is 2.26. The molecule has 0 saturated heterocycles. The summed E-state index contributed by atoms with van der Waals surface area (Å²) in [7, 11) is 1.75. The van der Waals surface area contributed by atoms with Gasteiger partial charge in [0.2, 0.25) is 0 Å². The molecule has 1 saturated carbocycles. The van der Waals surface area contributed by atoms with Crippen molar-refractivity contribution in [1.82, 2.24) is 9.97 Å². The fourth-order valence-electron chi connectivity index (χ4n) is 2.11. The number of halogens is 1. The lowest BCUT2D eigenvalue weighted by molar-refractivity contribution is -0.0795. The van der Waals surface area contributed by atoms with Gasteiger partial charge in [-0.05, 0) is 6.42 Å². The van der Waals surface area contributed by atoms with Gasteiger partial charge >= 0.3 is 0 Å². The number of aromatic nitrogens is 2. The minimum atomic E-state index is 0.0929. The zero-order valence-corrected chi connectivity index (χ0v) is 10.5. The van der Waals surface area contributed by atoms with E-state index in [1.807, 2.05) is 0 Å². The Balaban J connectivity index is 2.05. The largest absolute Gasteiger partial charge is 0.381 e. The van der Waals surface area contributed by atoms with Crippen LogP contribution in [0.2, 0.25) is 5.15 Å². The van der Waals surface area contributed by atoms with E-state index >= 15 is 0 Å². The third-order valence-electron chi connectivity index (χ3n) is 3.43. The Bertz CT molecular complexity index is 383. The van der Waals surface area contributed by atoms with E-state index in [0.29, 0.717) is 23.1 Å². The Morgan fingerprint density at radius 2 is 2.12 bits per heavy atom. The number of nitrogens with one attached hydrogen (secondary N) is 1. The number of hydrogen-bond donors (Lipinski definition) is 1. The van der Waals surface area contributed by atoms with Crippen LogP contribution in [-0.4, -0.2) is 29.2 Å². The van der Waals surface area contributed by atoms with Gasteiger partial charge < -0.3 is 10.1 Å². The smallest absolute Gasteiger partial charge is 0.171 e. The van der Waals surface area contributed by atoms with Crippen LogP contribution in [0, 0.1) is 5.41 Å². The molecule has 5 heteroatoms. The molecule has 1 aliphatic rings. The molecule has 1 aromatic rings. The summed E-state index contributed by atoms with van der Waals surface area (Å²) in [6, 6.07) is 0.326. The molecule has 2 atom stereocenters. The number of hydrogen-bond acceptors (Lipinski definition) is 4. The highest BCUT2D eigenvalue weighted by Crippen LogP contribution is 2.44. The fourth-order valence-corrected chi connectivity index (χ4v) is 2.27. The van der Waals surface area contributed by atoms with Crippen molar-refractivity contribution in [3.8, 4) is 0 Å². The van der Waals surface area contributed by atoms with Crippen molar-refractivity contribution in [3.63, 3.8) is 0 Å². The van der Waals surface area contributed by atoms with Crippen LogP contribution < -0.4 is 5.32 Å². The Kier molecular flexibility index (Phi) is 3.04. The third-order valence-corrected chi connectivity index (χ3v) is 3.70. The molecule has 88 valence electrons. The zero-order valence-electron chi connectivity index (χ0n) is 9.70. The first-order chi connectivity index (χ1) is 7.55. The monoisotopic (exact) mass is 241 g/mol. The summed E-state index contributed by atoms with van der Waals surface area (Å²) in [6.45, 7) is 4.35. The van der Waals surface area contributed by atoms with E-state index in [2.05, 4.69) is 29.1 Å². The van der Waals surface area contributed by atoms with Gasteiger partial charge in [-0.1, -0.05) is 25.4 Å². The molecule has 2 unspecified atom stereocenters.